The molecule has 0 aromatic carbocycles. The Labute approximate surface area is 112 Å². The van der Waals surface area contributed by atoms with Crippen molar-refractivity contribution < 1.29 is 9.53 Å². The summed E-state index contributed by atoms with van der Waals surface area (Å²) in [5.74, 6) is 0.756. The predicted octanol–water partition coefficient (Wildman–Crippen LogP) is 4.62. The van der Waals surface area contributed by atoms with Crippen molar-refractivity contribution in [3.8, 4) is 0 Å². The van der Waals surface area contributed by atoms with E-state index in [4.69, 9.17) is 4.74 Å². The van der Waals surface area contributed by atoms with Crippen molar-refractivity contribution in [1.29, 1.82) is 0 Å². The first-order chi connectivity index (χ1) is 8.49. The van der Waals surface area contributed by atoms with Crippen molar-refractivity contribution in [2.45, 2.75) is 65.9 Å². The van der Waals surface area contributed by atoms with Gasteiger partial charge in [-0.3, -0.25) is 0 Å². The highest BCUT2D eigenvalue weighted by Gasteiger charge is 2.15. The summed E-state index contributed by atoms with van der Waals surface area (Å²) >= 11 is 0. The molecule has 103 valence electrons. The third kappa shape index (κ3) is 8.10. The molecule has 0 N–H and O–H groups in total. The van der Waals surface area contributed by atoms with Crippen molar-refractivity contribution in [2.24, 2.45) is 0 Å². The Morgan fingerprint density at radius 3 is 2.39 bits per heavy atom. The lowest BCUT2D eigenvalue weighted by atomic mass is 10.1. The van der Waals surface area contributed by atoms with Crippen molar-refractivity contribution in [2.75, 3.05) is 0 Å². The first-order valence-corrected chi connectivity index (χ1v) is 6.82. The van der Waals surface area contributed by atoms with Crippen LogP contribution in [0.4, 0.5) is 0 Å². The molecule has 2 heteroatoms. The van der Waals surface area contributed by atoms with Gasteiger partial charge in [0.2, 0.25) is 0 Å². The fraction of sp³-hybridized carbons (Fsp3) is 0.625. The van der Waals surface area contributed by atoms with E-state index in [9.17, 15) is 4.79 Å². The van der Waals surface area contributed by atoms with Gasteiger partial charge in [0.1, 0.15) is 6.10 Å². The van der Waals surface area contributed by atoms with Gasteiger partial charge in [-0.05, 0) is 25.8 Å². The number of esters is 1. The molecular formula is C16H27O2. The minimum Gasteiger partial charge on any atom is -0.454 e. The minimum atomic E-state index is -0.322. The van der Waals surface area contributed by atoms with E-state index in [1.807, 2.05) is 19.9 Å². The van der Waals surface area contributed by atoms with Gasteiger partial charge >= 0.3 is 5.97 Å². The van der Waals surface area contributed by atoms with Crippen molar-refractivity contribution in [1.82, 2.24) is 0 Å². The van der Waals surface area contributed by atoms with Crippen LogP contribution >= 0.6 is 0 Å². The zero-order valence-electron chi connectivity index (χ0n) is 12.3. The molecule has 0 aliphatic rings. The highest BCUT2D eigenvalue weighted by atomic mass is 16.5. The second-order valence-corrected chi connectivity index (χ2v) is 4.96. The molecule has 0 heterocycles. The molecule has 0 bridgehead atoms. The van der Waals surface area contributed by atoms with Crippen LogP contribution in [0, 0.1) is 5.92 Å². The molecule has 1 atom stereocenters. The van der Waals surface area contributed by atoms with Gasteiger partial charge in [0.25, 0.3) is 0 Å². The highest BCUT2D eigenvalue weighted by molar-refractivity contribution is 5.87. The average molecular weight is 251 g/mol. The predicted molar refractivity (Wildman–Crippen MR) is 77.2 cm³/mol. The molecule has 0 aromatic rings. The van der Waals surface area contributed by atoms with Gasteiger partial charge in [0.05, 0.1) is 0 Å². The van der Waals surface area contributed by atoms with E-state index < -0.39 is 0 Å². The molecule has 1 unspecified atom stereocenters. The van der Waals surface area contributed by atoms with E-state index in [1.54, 1.807) is 6.92 Å². The summed E-state index contributed by atoms with van der Waals surface area (Å²) in [7, 11) is 0. The molecule has 0 aromatic heterocycles. The summed E-state index contributed by atoms with van der Waals surface area (Å²) in [6.45, 7) is 11.4. The highest BCUT2D eigenvalue weighted by Crippen LogP contribution is 2.13. The number of ether oxygens (including phenoxy) is 1. The Balaban J connectivity index is 4.07. The maximum atomic E-state index is 11.5. The SMILES string of the molecule is C=C(C)C(=O)OC(C=CCCCCCC)[C](C)C. The Hall–Kier alpha value is -1.05. The Morgan fingerprint density at radius 1 is 1.22 bits per heavy atom. The molecule has 0 rings (SSSR count). The van der Waals surface area contributed by atoms with Gasteiger partial charge in [-0.15, -0.1) is 0 Å². The normalized spacial score (nSPS) is 12.9. The number of hydrogen-bond acceptors (Lipinski definition) is 2. The zero-order chi connectivity index (χ0) is 14.0. The van der Waals surface area contributed by atoms with Crippen molar-refractivity contribution >= 4 is 5.97 Å². The Bertz CT molecular complexity index is 277. The number of unbranched alkanes of at least 4 members (excludes halogenated alkanes) is 4. The number of carbonyl (C=O) groups excluding carboxylic acids is 1. The lowest BCUT2D eigenvalue weighted by Gasteiger charge is -2.17. The number of hydrogen-bond donors (Lipinski definition) is 0. The van der Waals surface area contributed by atoms with Gasteiger partial charge in [-0.25, -0.2) is 4.79 Å². The standard InChI is InChI=1S/C16H27O2/c1-6-7-8-9-10-11-12-15(13(2)3)18-16(17)14(4)5/h11-12,15H,4,6-10H2,1-3,5H3. The fourth-order valence-corrected chi connectivity index (χ4v) is 1.47. The van der Waals surface area contributed by atoms with Crippen LogP contribution in [0.15, 0.2) is 24.3 Å². The first kappa shape index (κ1) is 16.9. The number of allylic oxidation sites excluding steroid dienone is 1. The zero-order valence-corrected chi connectivity index (χ0v) is 12.3. The van der Waals surface area contributed by atoms with E-state index in [0.717, 1.165) is 12.3 Å². The molecule has 0 spiro atoms. The van der Waals surface area contributed by atoms with E-state index in [-0.39, 0.29) is 12.1 Å². The van der Waals surface area contributed by atoms with Crippen LogP contribution in [-0.4, -0.2) is 12.1 Å². The van der Waals surface area contributed by atoms with Crippen LogP contribution < -0.4 is 0 Å². The molecule has 2 nitrogen and oxygen atoms in total. The van der Waals surface area contributed by atoms with Gasteiger partial charge in [-0.1, -0.05) is 52.7 Å². The summed E-state index contributed by atoms with van der Waals surface area (Å²) in [5, 5.41) is 0. The van der Waals surface area contributed by atoms with Crippen LogP contribution in [-0.2, 0) is 9.53 Å². The Kier molecular flexibility index (Phi) is 9.35. The van der Waals surface area contributed by atoms with Crippen molar-refractivity contribution in [3.05, 3.63) is 30.2 Å². The maximum absolute atomic E-state index is 11.5. The van der Waals surface area contributed by atoms with Crippen LogP contribution in [0.2, 0.25) is 0 Å². The summed E-state index contributed by atoms with van der Waals surface area (Å²) in [5.41, 5.74) is 0.442. The molecule has 18 heavy (non-hydrogen) atoms. The largest absolute Gasteiger partial charge is 0.454 e. The molecule has 0 saturated heterocycles. The average Bonchev–Trinajstić information content (AvgIpc) is 2.31. The van der Waals surface area contributed by atoms with Crippen molar-refractivity contribution in [3.63, 3.8) is 0 Å². The van der Waals surface area contributed by atoms with Crippen LogP contribution in [0.1, 0.15) is 59.8 Å². The van der Waals surface area contributed by atoms with Crippen LogP contribution in [0.5, 0.6) is 0 Å². The van der Waals surface area contributed by atoms with Gasteiger partial charge in [0, 0.05) is 11.5 Å². The minimum absolute atomic E-state index is 0.222. The van der Waals surface area contributed by atoms with Gasteiger partial charge < -0.3 is 4.74 Å². The monoisotopic (exact) mass is 251 g/mol. The van der Waals surface area contributed by atoms with E-state index in [1.165, 1.54) is 25.7 Å². The van der Waals surface area contributed by atoms with Gasteiger partial charge in [0.15, 0.2) is 0 Å². The number of carbonyl (C=O) groups is 1. The summed E-state index contributed by atoms with van der Waals surface area (Å²) in [6.07, 6.45) is 9.93. The van der Waals surface area contributed by atoms with Crippen LogP contribution in [0.25, 0.3) is 0 Å². The quantitative estimate of drug-likeness (QED) is 0.259. The smallest absolute Gasteiger partial charge is 0.333 e. The fourth-order valence-electron chi connectivity index (χ4n) is 1.47. The third-order valence-corrected chi connectivity index (χ3v) is 2.69. The van der Waals surface area contributed by atoms with Crippen LogP contribution in [0.3, 0.4) is 0 Å². The molecule has 0 fully saturated rings. The van der Waals surface area contributed by atoms with Gasteiger partial charge in [-0.2, -0.15) is 0 Å². The summed E-state index contributed by atoms with van der Waals surface area (Å²) in [6, 6.07) is 0. The number of rotatable bonds is 9. The molecule has 0 saturated carbocycles. The second-order valence-electron chi connectivity index (χ2n) is 4.96. The third-order valence-electron chi connectivity index (χ3n) is 2.69. The molecular weight excluding hydrogens is 224 g/mol. The van der Waals surface area contributed by atoms with E-state index in [2.05, 4.69) is 19.6 Å². The topological polar surface area (TPSA) is 26.3 Å². The molecule has 1 radical (unpaired) electrons. The lowest BCUT2D eigenvalue weighted by Crippen LogP contribution is -2.20. The first-order valence-electron chi connectivity index (χ1n) is 6.82. The molecule has 0 aliphatic heterocycles. The van der Waals surface area contributed by atoms with E-state index >= 15 is 0 Å². The molecule has 0 aliphatic carbocycles. The Morgan fingerprint density at radius 2 is 1.89 bits per heavy atom. The van der Waals surface area contributed by atoms with E-state index in [0.29, 0.717) is 5.57 Å². The summed E-state index contributed by atoms with van der Waals surface area (Å²) in [4.78, 5) is 11.5. The maximum Gasteiger partial charge on any atom is 0.333 e. The molecule has 0 amide bonds. The second kappa shape index (κ2) is 9.93. The lowest BCUT2D eigenvalue weighted by molar-refractivity contribution is -0.141. The summed E-state index contributed by atoms with van der Waals surface area (Å²) < 4.78 is 5.34.